The molecule has 0 spiro atoms. The molecular weight excluding hydrogens is 434 g/mol. The minimum Gasteiger partial charge on any atom is -0.473 e. The van der Waals surface area contributed by atoms with Gasteiger partial charge in [-0.3, -0.25) is 18.8 Å². The van der Waals surface area contributed by atoms with Crippen LogP contribution in [0, 0.1) is 0 Å². The van der Waals surface area contributed by atoms with Crippen LogP contribution < -0.4 is 22.3 Å². The van der Waals surface area contributed by atoms with Crippen molar-refractivity contribution in [2.45, 2.75) is 12.8 Å². The number of carbonyl (C=O) groups is 2. The van der Waals surface area contributed by atoms with Gasteiger partial charge in [0.2, 0.25) is 0 Å². The number of nitrogens with zero attached hydrogens (tertiary/aromatic N) is 3. The topological polar surface area (TPSA) is 180 Å². The van der Waals surface area contributed by atoms with Crippen LogP contribution in [0.1, 0.15) is 12.0 Å². The molecule has 2 aromatic rings. The minimum atomic E-state index is -1.82. The second-order valence-electron chi connectivity index (χ2n) is 7.22. The Labute approximate surface area is 190 Å². The minimum absolute atomic E-state index is 0.0895. The highest BCUT2D eigenvalue weighted by Crippen LogP contribution is 2.08. The molecule has 12 nitrogen and oxygen atoms in total. The molecule has 0 radical (unpaired) electrons. The Balaban J connectivity index is 0.000000801. The summed E-state index contributed by atoms with van der Waals surface area (Å²) in [4.78, 5) is 44.1. The van der Waals surface area contributed by atoms with Crippen LogP contribution in [0.25, 0.3) is 0 Å². The Morgan fingerprint density at radius 2 is 1.61 bits per heavy atom. The van der Waals surface area contributed by atoms with Crippen molar-refractivity contribution >= 4 is 23.4 Å². The third kappa shape index (κ3) is 9.58. The number of rotatable bonds is 10. The molecule has 0 bridgehead atoms. The monoisotopic (exact) mass is 465 g/mol. The number of carboxylic acid groups (broad SMARTS) is 2. The number of aliphatic hydroxyl groups excluding tert-OH is 1. The molecule has 0 atom stereocenters. The maximum Gasteiger partial charge on any atom is 0.414 e. The third-order valence-corrected chi connectivity index (χ3v) is 4.78. The van der Waals surface area contributed by atoms with Gasteiger partial charge in [-0.25, -0.2) is 14.4 Å². The first-order valence-electron chi connectivity index (χ1n) is 10.2. The first-order chi connectivity index (χ1) is 15.6. The summed E-state index contributed by atoms with van der Waals surface area (Å²) in [5.74, 6) is -3.15. The predicted molar refractivity (Wildman–Crippen MR) is 123 cm³/mol. The molecule has 0 aliphatic heterocycles. The SMILES string of the molecule is Cn1c(NCCN(CCO)CCCc2ccc(N)cc2)cc(=O)n(C)c1=O.O=C(O)C(=O)O. The number of benzene rings is 1. The van der Waals surface area contributed by atoms with Crippen molar-refractivity contribution in [3.63, 3.8) is 0 Å². The van der Waals surface area contributed by atoms with Crippen molar-refractivity contribution in [3.05, 3.63) is 56.7 Å². The molecule has 1 heterocycles. The number of hydrogen-bond acceptors (Lipinski definition) is 8. The third-order valence-electron chi connectivity index (χ3n) is 4.78. The number of aliphatic carboxylic acids is 2. The van der Waals surface area contributed by atoms with E-state index >= 15 is 0 Å². The number of aromatic nitrogens is 2. The molecule has 2 rings (SSSR count). The molecule has 0 aliphatic carbocycles. The first kappa shape index (κ1) is 27.4. The van der Waals surface area contributed by atoms with E-state index in [9.17, 15) is 14.7 Å². The number of hydrogen-bond donors (Lipinski definition) is 5. The summed E-state index contributed by atoms with van der Waals surface area (Å²) in [5.41, 5.74) is 7.00. The standard InChI is InChI=1S/C19H29N5O3.C2H2O4/c1-22-17(14-18(26)23(2)19(22)27)21-9-11-24(12-13-25)10-3-4-15-5-7-16(20)8-6-15;3-1(4)2(5)6/h5-8,14,21,25H,3-4,9-13,20H2,1-2H3;(H,3,4)(H,5,6). The summed E-state index contributed by atoms with van der Waals surface area (Å²) in [6.07, 6.45) is 1.91. The van der Waals surface area contributed by atoms with Crippen molar-refractivity contribution in [3.8, 4) is 0 Å². The summed E-state index contributed by atoms with van der Waals surface area (Å²) in [5, 5.41) is 27.2. The fraction of sp³-hybridized carbons (Fsp3) is 0.429. The highest BCUT2D eigenvalue weighted by molar-refractivity contribution is 6.27. The van der Waals surface area contributed by atoms with Crippen LogP contribution in [0.3, 0.4) is 0 Å². The summed E-state index contributed by atoms with van der Waals surface area (Å²) in [7, 11) is 3.08. The number of aryl methyl sites for hydroxylation is 1. The second-order valence-corrected chi connectivity index (χ2v) is 7.22. The summed E-state index contributed by atoms with van der Waals surface area (Å²) >= 11 is 0. The van der Waals surface area contributed by atoms with Gasteiger partial charge >= 0.3 is 17.6 Å². The smallest absolute Gasteiger partial charge is 0.414 e. The van der Waals surface area contributed by atoms with Crippen LogP contribution in [0.5, 0.6) is 0 Å². The lowest BCUT2D eigenvalue weighted by atomic mass is 10.1. The Hall–Kier alpha value is -3.64. The van der Waals surface area contributed by atoms with Crippen molar-refractivity contribution < 1.29 is 24.9 Å². The van der Waals surface area contributed by atoms with Gasteiger partial charge in [-0.15, -0.1) is 0 Å². The largest absolute Gasteiger partial charge is 0.473 e. The number of aliphatic hydroxyl groups is 1. The Morgan fingerprint density at radius 3 is 2.15 bits per heavy atom. The van der Waals surface area contributed by atoms with E-state index in [1.165, 1.54) is 23.2 Å². The van der Waals surface area contributed by atoms with Gasteiger partial charge in [0.25, 0.3) is 5.56 Å². The molecule has 6 N–H and O–H groups in total. The maximum absolute atomic E-state index is 11.9. The normalized spacial score (nSPS) is 10.4. The lowest BCUT2D eigenvalue weighted by Crippen LogP contribution is -2.38. The molecule has 182 valence electrons. The Kier molecular flexibility index (Phi) is 11.4. The van der Waals surface area contributed by atoms with E-state index in [2.05, 4.69) is 10.2 Å². The average molecular weight is 466 g/mol. The van der Waals surface area contributed by atoms with E-state index in [4.69, 9.17) is 25.5 Å². The van der Waals surface area contributed by atoms with Gasteiger partial charge in [-0.2, -0.15) is 0 Å². The van der Waals surface area contributed by atoms with Crippen molar-refractivity contribution in [2.75, 3.05) is 43.8 Å². The van der Waals surface area contributed by atoms with Crippen molar-refractivity contribution in [1.82, 2.24) is 14.0 Å². The molecule has 0 saturated carbocycles. The molecule has 0 saturated heterocycles. The molecule has 33 heavy (non-hydrogen) atoms. The second kappa shape index (κ2) is 13.7. The fourth-order valence-electron chi connectivity index (χ4n) is 2.91. The number of carboxylic acids is 2. The lowest BCUT2D eigenvalue weighted by Gasteiger charge is -2.22. The highest BCUT2D eigenvalue weighted by Gasteiger charge is 2.08. The lowest BCUT2D eigenvalue weighted by molar-refractivity contribution is -0.159. The number of nitrogens with two attached hydrogens (primary N) is 1. The zero-order valence-electron chi connectivity index (χ0n) is 18.7. The number of anilines is 2. The zero-order chi connectivity index (χ0) is 25.0. The van der Waals surface area contributed by atoms with E-state index < -0.39 is 11.9 Å². The summed E-state index contributed by atoms with van der Waals surface area (Å²) in [6.45, 7) is 2.79. The average Bonchev–Trinajstić information content (AvgIpc) is 2.77. The summed E-state index contributed by atoms with van der Waals surface area (Å²) in [6, 6.07) is 9.28. The highest BCUT2D eigenvalue weighted by atomic mass is 16.4. The van der Waals surface area contributed by atoms with Gasteiger partial charge in [0, 0.05) is 45.5 Å². The quantitative estimate of drug-likeness (QED) is 0.219. The number of nitrogen functional groups attached to an aromatic ring is 1. The van der Waals surface area contributed by atoms with E-state index in [-0.39, 0.29) is 17.9 Å². The van der Waals surface area contributed by atoms with Crippen LogP contribution in [-0.2, 0) is 30.1 Å². The van der Waals surface area contributed by atoms with E-state index in [0.717, 1.165) is 29.6 Å². The van der Waals surface area contributed by atoms with Crippen LogP contribution in [0.2, 0.25) is 0 Å². The first-order valence-corrected chi connectivity index (χ1v) is 10.2. The maximum atomic E-state index is 11.9. The molecule has 1 aromatic heterocycles. The molecular formula is C21H31N5O7. The molecule has 0 unspecified atom stereocenters. The van der Waals surface area contributed by atoms with Crippen LogP contribution in [0.4, 0.5) is 11.5 Å². The van der Waals surface area contributed by atoms with Gasteiger partial charge in [0.15, 0.2) is 0 Å². The molecule has 0 fully saturated rings. The fourth-order valence-corrected chi connectivity index (χ4v) is 2.91. The Morgan fingerprint density at radius 1 is 1.00 bits per heavy atom. The molecule has 0 aliphatic rings. The molecule has 0 amide bonds. The molecule has 12 heteroatoms. The zero-order valence-corrected chi connectivity index (χ0v) is 18.7. The van der Waals surface area contributed by atoms with Crippen LogP contribution in [-0.4, -0.2) is 74.1 Å². The van der Waals surface area contributed by atoms with Crippen molar-refractivity contribution in [2.24, 2.45) is 14.1 Å². The number of nitrogens with one attached hydrogen (secondary N) is 1. The van der Waals surface area contributed by atoms with Gasteiger partial charge in [-0.05, 0) is 37.1 Å². The van der Waals surface area contributed by atoms with E-state index in [1.807, 2.05) is 24.3 Å². The van der Waals surface area contributed by atoms with Crippen LogP contribution in [0.15, 0.2) is 39.9 Å². The van der Waals surface area contributed by atoms with Gasteiger partial charge < -0.3 is 26.4 Å². The molecule has 1 aromatic carbocycles. The van der Waals surface area contributed by atoms with Crippen LogP contribution >= 0.6 is 0 Å². The Bertz CT molecular complexity index is 1020. The summed E-state index contributed by atoms with van der Waals surface area (Å²) < 4.78 is 2.49. The van der Waals surface area contributed by atoms with Gasteiger partial charge in [0.05, 0.1) is 6.61 Å². The van der Waals surface area contributed by atoms with E-state index in [1.54, 1.807) is 7.05 Å². The van der Waals surface area contributed by atoms with E-state index in [0.29, 0.717) is 25.5 Å². The predicted octanol–water partition coefficient (Wildman–Crippen LogP) is -0.839. The van der Waals surface area contributed by atoms with Gasteiger partial charge in [0.1, 0.15) is 5.82 Å². The van der Waals surface area contributed by atoms with Gasteiger partial charge in [-0.1, -0.05) is 12.1 Å². The van der Waals surface area contributed by atoms with Crippen molar-refractivity contribution in [1.29, 1.82) is 0 Å².